The second-order valence-electron chi connectivity index (χ2n) is 8.42. The third kappa shape index (κ3) is 3.85. The van der Waals surface area contributed by atoms with E-state index >= 15 is 0 Å². The van der Waals surface area contributed by atoms with Gasteiger partial charge in [-0.3, -0.25) is 4.79 Å². The lowest BCUT2D eigenvalue weighted by Gasteiger charge is -2.40. The van der Waals surface area contributed by atoms with Gasteiger partial charge in [0.25, 0.3) is 5.91 Å². The van der Waals surface area contributed by atoms with Crippen molar-refractivity contribution >= 4 is 21.9 Å². The summed E-state index contributed by atoms with van der Waals surface area (Å²) < 4.78 is 33.1. The van der Waals surface area contributed by atoms with E-state index in [4.69, 9.17) is 4.74 Å². The van der Waals surface area contributed by atoms with Gasteiger partial charge >= 0.3 is 5.97 Å². The molecular formula is C23H26N2O5S. The Bertz CT molecular complexity index is 1150. The van der Waals surface area contributed by atoms with E-state index in [0.717, 1.165) is 11.1 Å². The van der Waals surface area contributed by atoms with E-state index in [1.54, 1.807) is 43.0 Å². The minimum Gasteiger partial charge on any atom is -0.445 e. The fraction of sp³-hybridized carbons (Fsp3) is 0.391. The predicted molar refractivity (Wildman–Crippen MR) is 115 cm³/mol. The van der Waals surface area contributed by atoms with Gasteiger partial charge < -0.3 is 9.64 Å². The lowest BCUT2D eigenvalue weighted by atomic mass is 9.89. The molecule has 7 nitrogen and oxygen atoms in total. The number of carbonyl (C=O) groups excluding carboxylic acids is 2. The first-order chi connectivity index (χ1) is 14.6. The van der Waals surface area contributed by atoms with Gasteiger partial charge in [-0.2, -0.15) is 4.31 Å². The number of carbonyl (C=O) groups is 2. The van der Waals surface area contributed by atoms with Gasteiger partial charge in [0.2, 0.25) is 10.0 Å². The van der Waals surface area contributed by atoms with Crippen LogP contribution >= 0.6 is 0 Å². The van der Waals surface area contributed by atoms with Crippen LogP contribution in [0.15, 0.2) is 47.4 Å². The molecule has 2 aromatic carbocycles. The van der Waals surface area contributed by atoms with Gasteiger partial charge in [-0.1, -0.05) is 35.9 Å². The van der Waals surface area contributed by atoms with Crippen molar-refractivity contribution in [2.24, 2.45) is 0 Å². The summed E-state index contributed by atoms with van der Waals surface area (Å²) >= 11 is 0. The minimum absolute atomic E-state index is 0.196. The smallest absolute Gasteiger partial charge is 0.339 e. The zero-order valence-corrected chi connectivity index (χ0v) is 18.7. The molecule has 0 bridgehead atoms. The van der Waals surface area contributed by atoms with Crippen LogP contribution in [0.3, 0.4) is 0 Å². The average molecular weight is 443 g/mol. The topological polar surface area (TPSA) is 84.0 Å². The summed E-state index contributed by atoms with van der Waals surface area (Å²) in [6.45, 7) is 6.22. The van der Waals surface area contributed by atoms with E-state index in [1.165, 1.54) is 4.31 Å². The maximum absolute atomic E-state index is 13.2. The van der Waals surface area contributed by atoms with E-state index in [9.17, 15) is 18.0 Å². The number of cyclic esters (lactones) is 1. The highest BCUT2D eigenvalue weighted by Gasteiger charge is 2.45. The van der Waals surface area contributed by atoms with Crippen LogP contribution < -0.4 is 0 Å². The lowest BCUT2D eigenvalue weighted by Crippen LogP contribution is -2.58. The van der Waals surface area contributed by atoms with E-state index in [0.29, 0.717) is 22.4 Å². The summed E-state index contributed by atoms with van der Waals surface area (Å²) in [6.07, 6.45) is 0.300. The summed E-state index contributed by atoms with van der Waals surface area (Å²) in [7, 11) is -3.64. The number of sulfonamides is 1. The van der Waals surface area contributed by atoms with Crippen LogP contribution in [0, 0.1) is 13.8 Å². The Labute approximate surface area is 182 Å². The van der Waals surface area contributed by atoms with Gasteiger partial charge in [0, 0.05) is 32.6 Å². The van der Waals surface area contributed by atoms with Crippen LogP contribution in [0.4, 0.5) is 0 Å². The monoisotopic (exact) mass is 442 g/mol. The number of benzene rings is 2. The Morgan fingerprint density at radius 2 is 1.71 bits per heavy atom. The molecule has 0 N–H and O–H groups in total. The fourth-order valence-electron chi connectivity index (χ4n) is 4.35. The van der Waals surface area contributed by atoms with Crippen molar-refractivity contribution in [3.05, 3.63) is 64.7 Å². The number of ether oxygens (including phenoxy) is 1. The summed E-state index contributed by atoms with van der Waals surface area (Å²) in [5.74, 6) is -0.798. The van der Waals surface area contributed by atoms with Crippen LogP contribution in [0.2, 0.25) is 0 Å². The lowest BCUT2D eigenvalue weighted by molar-refractivity contribution is -0.152. The third-order valence-electron chi connectivity index (χ3n) is 6.01. The molecule has 1 amide bonds. The molecule has 4 rings (SSSR count). The molecule has 2 aliphatic rings. The Morgan fingerprint density at radius 3 is 2.39 bits per heavy atom. The minimum atomic E-state index is -3.64. The molecule has 1 atom stereocenters. The zero-order chi connectivity index (χ0) is 22.4. The Balaban J connectivity index is 1.48. The number of piperazine rings is 1. The molecule has 164 valence electrons. The highest BCUT2D eigenvalue weighted by molar-refractivity contribution is 7.89. The quantitative estimate of drug-likeness (QED) is 0.681. The SMILES string of the molecule is Cc1ccc(S(=O)(=O)N2CCN(C(=O)C3(C)Cc4ccccc4C(=O)O3)CC2)c(C)c1. The molecule has 8 heteroatoms. The number of esters is 1. The van der Waals surface area contributed by atoms with Gasteiger partial charge in [-0.25, -0.2) is 13.2 Å². The molecule has 0 aromatic heterocycles. The average Bonchev–Trinajstić information content (AvgIpc) is 2.73. The van der Waals surface area contributed by atoms with Crippen LogP contribution in [0.1, 0.15) is 34.0 Å². The highest BCUT2D eigenvalue weighted by atomic mass is 32.2. The highest BCUT2D eigenvalue weighted by Crippen LogP contribution is 2.30. The number of hydrogen-bond donors (Lipinski definition) is 0. The molecule has 0 aliphatic carbocycles. The second kappa shape index (κ2) is 7.76. The fourth-order valence-corrected chi connectivity index (χ4v) is 5.97. The van der Waals surface area contributed by atoms with Crippen LogP contribution in [0.25, 0.3) is 0 Å². The number of hydrogen-bond acceptors (Lipinski definition) is 5. The second-order valence-corrected chi connectivity index (χ2v) is 10.3. The summed E-state index contributed by atoms with van der Waals surface area (Å²) in [5.41, 5.74) is 1.69. The maximum atomic E-state index is 13.2. The van der Waals surface area contributed by atoms with Crippen molar-refractivity contribution in [3.63, 3.8) is 0 Å². The normalized spacial score (nSPS) is 22.0. The van der Waals surface area contributed by atoms with Crippen molar-refractivity contribution in [2.75, 3.05) is 26.2 Å². The van der Waals surface area contributed by atoms with E-state index < -0.39 is 21.6 Å². The summed E-state index contributed by atoms with van der Waals surface area (Å²) in [5, 5.41) is 0. The van der Waals surface area contributed by atoms with E-state index in [2.05, 4.69) is 0 Å². The van der Waals surface area contributed by atoms with E-state index in [-0.39, 0.29) is 32.1 Å². The Kier molecular flexibility index (Phi) is 5.39. The molecule has 2 heterocycles. The van der Waals surface area contributed by atoms with Gasteiger partial charge in [0.15, 0.2) is 5.60 Å². The van der Waals surface area contributed by atoms with Gasteiger partial charge in [-0.15, -0.1) is 0 Å². The van der Waals surface area contributed by atoms with Gasteiger partial charge in [0.05, 0.1) is 10.5 Å². The third-order valence-corrected chi connectivity index (χ3v) is 8.07. The molecular weight excluding hydrogens is 416 g/mol. The number of amides is 1. The molecule has 2 aliphatic heterocycles. The van der Waals surface area contributed by atoms with Gasteiger partial charge in [-0.05, 0) is 44.0 Å². The summed E-state index contributed by atoms with van der Waals surface area (Å²) in [6, 6.07) is 12.4. The molecule has 1 saturated heterocycles. The van der Waals surface area contributed by atoms with Gasteiger partial charge in [0.1, 0.15) is 0 Å². The molecule has 0 saturated carbocycles. The molecule has 0 spiro atoms. The number of fused-ring (bicyclic) bond motifs is 1. The number of aryl methyl sites for hydroxylation is 2. The first-order valence-corrected chi connectivity index (χ1v) is 11.7. The maximum Gasteiger partial charge on any atom is 0.339 e. The van der Waals surface area contributed by atoms with Crippen molar-refractivity contribution in [2.45, 2.75) is 37.7 Å². The van der Waals surface area contributed by atoms with Crippen LogP contribution in [-0.2, 0) is 26.0 Å². The number of rotatable bonds is 3. The van der Waals surface area contributed by atoms with Crippen LogP contribution in [0.5, 0.6) is 0 Å². The van der Waals surface area contributed by atoms with Crippen molar-refractivity contribution < 1.29 is 22.7 Å². The number of nitrogens with zero attached hydrogens (tertiary/aromatic N) is 2. The first kappa shape index (κ1) is 21.5. The standard InChI is InChI=1S/C23H26N2O5S/c1-16-8-9-20(17(2)14-16)31(28,29)25-12-10-24(11-13-25)22(27)23(3)15-18-6-4-5-7-19(18)21(26)30-23/h4-9,14H,10-13,15H2,1-3H3. The Hall–Kier alpha value is -2.71. The first-order valence-electron chi connectivity index (χ1n) is 10.3. The zero-order valence-electron chi connectivity index (χ0n) is 17.9. The molecule has 31 heavy (non-hydrogen) atoms. The Morgan fingerprint density at radius 1 is 1.03 bits per heavy atom. The summed E-state index contributed by atoms with van der Waals surface area (Å²) in [4.78, 5) is 27.5. The van der Waals surface area contributed by atoms with Crippen LogP contribution in [-0.4, -0.2) is 61.3 Å². The molecule has 1 fully saturated rings. The molecule has 2 aromatic rings. The van der Waals surface area contributed by atoms with Crippen molar-refractivity contribution in [1.82, 2.24) is 9.21 Å². The van der Waals surface area contributed by atoms with E-state index in [1.807, 2.05) is 25.1 Å². The molecule has 1 unspecified atom stereocenters. The largest absolute Gasteiger partial charge is 0.445 e. The van der Waals surface area contributed by atoms with Crippen molar-refractivity contribution in [3.8, 4) is 0 Å². The molecule has 0 radical (unpaired) electrons. The van der Waals surface area contributed by atoms with Crippen molar-refractivity contribution in [1.29, 1.82) is 0 Å². The predicted octanol–water partition coefficient (Wildman–Crippen LogP) is 2.31.